The topological polar surface area (TPSA) is 63.4 Å². The zero-order valence-electron chi connectivity index (χ0n) is 21.3. The molecule has 4 rings (SSSR count). The van der Waals surface area contributed by atoms with Crippen molar-refractivity contribution in [2.24, 2.45) is 5.73 Å². The Morgan fingerprint density at radius 1 is 0.706 bits per heavy atom. The van der Waals surface area contributed by atoms with E-state index in [0.717, 1.165) is 5.88 Å². The van der Waals surface area contributed by atoms with E-state index in [1.807, 2.05) is 40.7 Å². The minimum absolute atomic E-state index is 0.240. The molecule has 1 aliphatic rings. The van der Waals surface area contributed by atoms with Gasteiger partial charge in [-0.1, -0.05) is 107 Å². The Morgan fingerprint density at radius 2 is 1.09 bits per heavy atom. The van der Waals surface area contributed by atoms with E-state index >= 15 is 0 Å². The molecule has 34 heavy (non-hydrogen) atoms. The number of aryl methyl sites for hydroxylation is 1. The van der Waals surface area contributed by atoms with Crippen LogP contribution in [0.2, 0.25) is 0 Å². The fraction of sp³-hybridized carbons (Fsp3) is 0.310. The smallest absolute Gasteiger partial charge is 0.261 e. The molecule has 3 aromatic carbocycles. The highest BCUT2D eigenvalue weighted by atomic mass is 35.5. The minimum atomic E-state index is -0.240. The normalized spacial score (nSPS) is 10.8. The third kappa shape index (κ3) is 9.50. The molecule has 0 bridgehead atoms. The van der Waals surface area contributed by atoms with Crippen molar-refractivity contribution in [2.45, 2.75) is 41.5 Å². The van der Waals surface area contributed by atoms with Crippen LogP contribution in [-0.4, -0.2) is 35.7 Å². The monoisotopic (exact) mass is 482 g/mol. The molecule has 0 spiro atoms. The van der Waals surface area contributed by atoms with Gasteiger partial charge in [0.15, 0.2) is 0 Å². The average molecular weight is 483 g/mol. The molecule has 184 valence electrons. The van der Waals surface area contributed by atoms with Gasteiger partial charge in [-0.25, -0.2) is 0 Å². The number of hydrogen-bond donors (Lipinski definition) is 1. The minimum Gasteiger partial charge on any atom is -0.329 e. The molecule has 1 aliphatic heterocycles. The van der Waals surface area contributed by atoms with Gasteiger partial charge in [0, 0.05) is 19.0 Å². The first-order chi connectivity index (χ1) is 16.5. The van der Waals surface area contributed by atoms with Crippen molar-refractivity contribution < 1.29 is 9.59 Å². The quantitative estimate of drug-likeness (QED) is 0.317. The van der Waals surface area contributed by atoms with Crippen molar-refractivity contribution in [3.8, 4) is 11.1 Å². The lowest BCUT2D eigenvalue weighted by Gasteiger charge is -2.10. The van der Waals surface area contributed by atoms with Gasteiger partial charge in [-0.05, 0) is 30.2 Å². The summed E-state index contributed by atoms with van der Waals surface area (Å²) in [6.07, 6.45) is 0. The van der Waals surface area contributed by atoms with E-state index in [1.165, 1.54) is 21.6 Å². The van der Waals surface area contributed by atoms with Crippen molar-refractivity contribution in [1.82, 2.24) is 4.90 Å². The largest absolute Gasteiger partial charge is 0.329 e. The zero-order valence-corrected chi connectivity index (χ0v) is 22.1. The first kappa shape index (κ1) is 31.0. The van der Waals surface area contributed by atoms with Crippen LogP contribution in [0.25, 0.3) is 11.1 Å². The van der Waals surface area contributed by atoms with Crippen LogP contribution in [-0.2, 0) is 0 Å². The molecule has 0 saturated carbocycles. The van der Waals surface area contributed by atoms with Crippen LogP contribution in [0, 0.1) is 6.92 Å². The second-order valence-corrected chi connectivity index (χ2v) is 7.13. The van der Waals surface area contributed by atoms with Gasteiger partial charge in [0.2, 0.25) is 0 Å². The third-order valence-electron chi connectivity index (χ3n) is 4.39. The van der Waals surface area contributed by atoms with Gasteiger partial charge >= 0.3 is 0 Å². The van der Waals surface area contributed by atoms with Gasteiger partial charge in [0.25, 0.3) is 11.8 Å². The molecule has 0 atom stereocenters. The van der Waals surface area contributed by atoms with E-state index in [1.54, 1.807) is 24.3 Å². The fourth-order valence-corrected chi connectivity index (χ4v) is 2.95. The highest BCUT2D eigenvalue weighted by molar-refractivity contribution is 6.21. The molecule has 4 nitrogen and oxygen atoms in total. The number of rotatable bonds is 3. The van der Waals surface area contributed by atoms with Gasteiger partial charge in [0.1, 0.15) is 0 Å². The summed E-state index contributed by atoms with van der Waals surface area (Å²) in [6.45, 7) is 12.6. The second-order valence-electron chi connectivity index (χ2n) is 6.60. The van der Waals surface area contributed by atoms with Gasteiger partial charge in [-0.2, -0.15) is 0 Å². The summed E-state index contributed by atoms with van der Waals surface area (Å²) in [5, 5.41) is 0. The van der Waals surface area contributed by atoms with Gasteiger partial charge in [0.05, 0.1) is 11.1 Å². The number of alkyl halides is 1. The summed E-state index contributed by atoms with van der Waals surface area (Å²) in [5.74, 6) is 0.243. The molecule has 0 saturated heterocycles. The van der Waals surface area contributed by atoms with Crippen molar-refractivity contribution in [2.75, 3.05) is 19.0 Å². The maximum atomic E-state index is 11.6. The number of imide groups is 1. The number of carbonyl (C=O) groups excluding carboxylic acids is 2. The lowest BCUT2D eigenvalue weighted by Crippen LogP contribution is -2.34. The molecular formula is C29H39ClN2O2. The van der Waals surface area contributed by atoms with Gasteiger partial charge < -0.3 is 5.73 Å². The number of hydrogen-bond acceptors (Lipinski definition) is 3. The molecule has 1 heterocycles. The molecule has 0 radical (unpaired) electrons. The zero-order chi connectivity index (χ0) is 25.9. The number of halogens is 1. The van der Waals surface area contributed by atoms with E-state index in [9.17, 15) is 9.59 Å². The first-order valence-corrected chi connectivity index (χ1v) is 12.4. The maximum Gasteiger partial charge on any atom is 0.261 e. The summed E-state index contributed by atoms with van der Waals surface area (Å²) < 4.78 is 0. The van der Waals surface area contributed by atoms with Crippen LogP contribution >= 0.6 is 11.6 Å². The first-order valence-electron chi connectivity index (χ1n) is 11.9. The number of benzene rings is 3. The van der Waals surface area contributed by atoms with Crippen molar-refractivity contribution in [3.05, 3.63) is 95.6 Å². The predicted molar refractivity (Wildman–Crippen MR) is 147 cm³/mol. The highest BCUT2D eigenvalue weighted by Crippen LogP contribution is 2.21. The Balaban J connectivity index is 0.000000509. The van der Waals surface area contributed by atoms with E-state index in [2.05, 4.69) is 55.5 Å². The highest BCUT2D eigenvalue weighted by Gasteiger charge is 2.34. The Bertz CT molecular complexity index is 922. The van der Waals surface area contributed by atoms with Crippen molar-refractivity contribution in [1.29, 1.82) is 0 Å². The lowest BCUT2D eigenvalue weighted by molar-refractivity contribution is 0.0659. The fourth-order valence-electron chi connectivity index (χ4n) is 2.95. The summed E-state index contributed by atoms with van der Waals surface area (Å²) in [5.41, 5.74) is 10.1. The molecule has 5 heteroatoms. The van der Waals surface area contributed by atoms with Crippen LogP contribution in [0.1, 0.15) is 60.9 Å². The van der Waals surface area contributed by atoms with Crippen LogP contribution in [0.5, 0.6) is 0 Å². The van der Waals surface area contributed by atoms with Crippen LogP contribution < -0.4 is 5.73 Å². The second kappa shape index (κ2) is 18.5. The summed E-state index contributed by atoms with van der Waals surface area (Å²) in [6, 6.07) is 25.8. The molecular weight excluding hydrogens is 444 g/mol. The SMILES string of the molecule is CC.CC.CCCl.Cc1ccc(-c2ccccc2)cc1.NCCN1C(=O)c2ccccc2C1=O. The molecule has 0 aromatic heterocycles. The Morgan fingerprint density at radius 3 is 1.50 bits per heavy atom. The molecule has 3 aromatic rings. The van der Waals surface area contributed by atoms with Crippen molar-refractivity contribution >= 4 is 23.4 Å². The number of carbonyl (C=O) groups is 2. The van der Waals surface area contributed by atoms with E-state index in [-0.39, 0.29) is 18.4 Å². The Labute approximate surface area is 210 Å². The summed E-state index contributed by atoms with van der Waals surface area (Å²) in [4.78, 5) is 24.5. The number of nitrogens with zero attached hydrogens (tertiary/aromatic N) is 1. The molecule has 0 aliphatic carbocycles. The molecule has 0 fully saturated rings. The summed E-state index contributed by atoms with van der Waals surface area (Å²) >= 11 is 5.00. The van der Waals surface area contributed by atoms with Crippen LogP contribution in [0.15, 0.2) is 78.9 Å². The maximum absolute atomic E-state index is 11.6. The van der Waals surface area contributed by atoms with Crippen LogP contribution in [0.3, 0.4) is 0 Å². The number of amides is 2. The van der Waals surface area contributed by atoms with E-state index < -0.39 is 0 Å². The Hall–Kier alpha value is -2.95. The molecule has 0 unspecified atom stereocenters. The third-order valence-corrected chi connectivity index (χ3v) is 4.39. The molecule has 2 amide bonds. The number of fused-ring (bicyclic) bond motifs is 1. The molecule has 2 N–H and O–H groups in total. The van der Waals surface area contributed by atoms with Crippen LogP contribution in [0.4, 0.5) is 0 Å². The van der Waals surface area contributed by atoms with E-state index in [4.69, 9.17) is 17.3 Å². The summed E-state index contributed by atoms with van der Waals surface area (Å²) in [7, 11) is 0. The average Bonchev–Trinajstić information content (AvgIpc) is 3.14. The lowest BCUT2D eigenvalue weighted by atomic mass is 10.0. The van der Waals surface area contributed by atoms with E-state index in [0.29, 0.717) is 17.7 Å². The van der Waals surface area contributed by atoms with Crippen molar-refractivity contribution in [3.63, 3.8) is 0 Å². The van der Waals surface area contributed by atoms with Gasteiger partial charge in [-0.15, -0.1) is 11.6 Å². The number of nitrogens with two attached hydrogens (primary N) is 1. The standard InChI is InChI=1S/C13H12.C10H10N2O2.C2H5Cl.2C2H6/c1-11-7-9-13(10-8-11)12-5-3-2-4-6-12;11-5-6-12-9(13)7-3-1-2-4-8(7)10(12)14;1-2-3;2*1-2/h2-10H,1H3;1-4H,5-6,11H2;2H2,1H3;2*1-2H3. The van der Waals surface area contributed by atoms with Gasteiger partial charge in [-0.3, -0.25) is 14.5 Å². The Kier molecular flexibility index (Phi) is 16.9. The predicted octanol–water partition coefficient (Wildman–Crippen LogP) is 7.20.